The van der Waals surface area contributed by atoms with Crippen molar-refractivity contribution in [3.05, 3.63) is 34.3 Å². The predicted octanol–water partition coefficient (Wildman–Crippen LogP) is 1.93. The molecule has 0 aliphatic heterocycles. The van der Waals surface area contributed by atoms with Gasteiger partial charge in [-0.3, -0.25) is 9.47 Å². The van der Waals surface area contributed by atoms with Crippen molar-refractivity contribution in [3.8, 4) is 0 Å². The van der Waals surface area contributed by atoms with E-state index in [1.807, 2.05) is 31.1 Å². The van der Waals surface area contributed by atoms with E-state index in [1.54, 1.807) is 13.1 Å². The van der Waals surface area contributed by atoms with Crippen molar-refractivity contribution < 1.29 is 4.42 Å². The third kappa shape index (κ3) is 1.74. The van der Waals surface area contributed by atoms with Gasteiger partial charge < -0.3 is 4.42 Å². The number of rotatable bonds is 2. The molecule has 0 saturated carbocycles. The van der Waals surface area contributed by atoms with Gasteiger partial charge in [0, 0.05) is 7.05 Å². The number of halogens is 1. The minimum absolute atomic E-state index is 0.227. The van der Waals surface area contributed by atoms with Gasteiger partial charge in [0.25, 0.3) is 0 Å². The van der Waals surface area contributed by atoms with Gasteiger partial charge in [-0.1, -0.05) is 6.07 Å². The van der Waals surface area contributed by atoms with Gasteiger partial charge in [0.1, 0.15) is 5.50 Å². The molecule has 1 heterocycles. The Balaban J connectivity index is 2.57. The quantitative estimate of drug-likeness (QED) is 0.595. The Morgan fingerprint density at radius 1 is 1.44 bits per heavy atom. The normalized spacial score (nSPS) is 13.6. The highest BCUT2D eigenvalue weighted by atomic mass is 35.5. The molecule has 4 nitrogen and oxygen atoms in total. The first-order valence-electron chi connectivity index (χ1n) is 4.90. The van der Waals surface area contributed by atoms with Gasteiger partial charge in [-0.05, 0) is 31.8 Å². The van der Waals surface area contributed by atoms with Crippen LogP contribution in [0.25, 0.3) is 11.1 Å². The van der Waals surface area contributed by atoms with E-state index in [0.717, 1.165) is 11.1 Å². The summed E-state index contributed by atoms with van der Waals surface area (Å²) in [5.74, 6) is -0.358. The van der Waals surface area contributed by atoms with Crippen LogP contribution in [0, 0.1) is 0 Å². The Kier molecular flexibility index (Phi) is 2.78. The molecule has 0 bridgehead atoms. The number of nitrogens with zero attached hydrogens (tertiary/aromatic N) is 2. The van der Waals surface area contributed by atoms with Crippen LogP contribution in [0.5, 0.6) is 0 Å². The number of benzene rings is 1. The second-order valence-corrected chi connectivity index (χ2v) is 4.37. The number of aryl methyl sites for hydroxylation is 1. The molecule has 0 aliphatic carbocycles. The zero-order valence-corrected chi connectivity index (χ0v) is 10.2. The molecular formula is C11H13ClN2O2. The van der Waals surface area contributed by atoms with E-state index < -0.39 is 0 Å². The van der Waals surface area contributed by atoms with Crippen LogP contribution in [0.2, 0.25) is 0 Å². The van der Waals surface area contributed by atoms with Gasteiger partial charge in [-0.25, -0.2) is 4.79 Å². The fraction of sp³-hybridized carbons (Fsp3) is 0.364. The van der Waals surface area contributed by atoms with Crippen LogP contribution in [0.15, 0.2) is 27.4 Å². The second-order valence-electron chi connectivity index (χ2n) is 3.95. The third-order valence-electron chi connectivity index (χ3n) is 2.54. The summed E-state index contributed by atoms with van der Waals surface area (Å²) < 4.78 is 6.57. The molecule has 0 radical (unpaired) electrons. The summed E-state index contributed by atoms with van der Waals surface area (Å²) in [6, 6.07) is 5.54. The van der Waals surface area contributed by atoms with Gasteiger partial charge >= 0.3 is 5.76 Å². The highest BCUT2D eigenvalue weighted by molar-refractivity contribution is 6.20. The predicted molar refractivity (Wildman–Crippen MR) is 63.7 cm³/mol. The maximum Gasteiger partial charge on any atom is 0.419 e. The average molecular weight is 241 g/mol. The van der Waals surface area contributed by atoms with E-state index in [2.05, 4.69) is 0 Å². The molecule has 1 atom stereocenters. The molecule has 0 spiro atoms. The largest absolute Gasteiger partial charge is 0.419 e. The van der Waals surface area contributed by atoms with Crippen molar-refractivity contribution in [2.24, 2.45) is 7.05 Å². The number of aromatic nitrogens is 1. The van der Waals surface area contributed by atoms with Crippen LogP contribution < -0.4 is 5.76 Å². The molecule has 0 amide bonds. The molecule has 0 N–H and O–H groups in total. The summed E-state index contributed by atoms with van der Waals surface area (Å²) in [5.41, 5.74) is 2.03. The van der Waals surface area contributed by atoms with Crippen molar-refractivity contribution in [1.82, 2.24) is 9.47 Å². The molecule has 0 saturated heterocycles. The summed E-state index contributed by atoms with van der Waals surface area (Å²) in [5, 5.41) is 0. The van der Waals surface area contributed by atoms with E-state index in [-0.39, 0.29) is 11.3 Å². The number of oxazole rings is 1. The van der Waals surface area contributed by atoms with Gasteiger partial charge in [0.15, 0.2) is 5.58 Å². The molecule has 5 heteroatoms. The van der Waals surface area contributed by atoms with Crippen LogP contribution in [0.3, 0.4) is 0 Å². The first kappa shape index (κ1) is 11.2. The molecule has 16 heavy (non-hydrogen) atoms. The molecule has 0 aliphatic rings. The Labute approximate surface area is 98.0 Å². The van der Waals surface area contributed by atoms with Crippen LogP contribution in [-0.4, -0.2) is 23.6 Å². The maximum absolute atomic E-state index is 11.3. The number of hydrogen-bond donors (Lipinski definition) is 0. The van der Waals surface area contributed by atoms with Gasteiger partial charge in [0.2, 0.25) is 0 Å². The Hall–Kier alpha value is -1.26. The molecule has 86 valence electrons. The molecule has 1 aromatic carbocycles. The fourth-order valence-electron chi connectivity index (χ4n) is 1.60. The fourth-order valence-corrected chi connectivity index (χ4v) is 1.73. The summed E-state index contributed by atoms with van der Waals surface area (Å²) in [7, 11) is 5.46. The van der Waals surface area contributed by atoms with Crippen molar-refractivity contribution in [2.45, 2.75) is 5.50 Å². The van der Waals surface area contributed by atoms with Crippen molar-refractivity contribution >= 4 is 22.7 Å². The Morgan fingerprint density at radius 2 is 2.12 bits per heavy atom. The summed E-state index contributed by atoms with van der Waals surface area (Å²) in [6.45, 7) is 0. The van der Waals surface area contributed by atoms with Gasteiger partial charge in [0.05, 0.1) is 5.52 Å². The van der Waals surface area contributed by atoms with E-state index in [1.165, 1.54) is 4.57 Å². The minimum Gasteiger partial charge on any atom is -0.408 e. The highest BCUT2D eigenvalue weighted by Gasteiger charge is 2.13. The monoisotopic (exact) mass is 240 g/mol. The summed E-state index contributed by atoms with van der Waals surface area (Å²) >= 11 is 6.19. The topological polar surface area (TPSA) is 38.4 Å². The van der Waals surface area contributed by atoms with Gasteiger partial charge in [-0.2, -0.15) is 0 Å². The number of alkyl halides is 1. The van der Waals surface area contributed by atoms with E-state index in [0.29, 0.717) is 5.58 Å². The van der Waals surface area contributed by atoms with Crippen molar-refractivity contribution in [1.29, 1.82) is 0 Å². The molecule has 1 unspecified atom stereocenters. The molecule has 2 aromatic rings. The number of fused-ring (bicyclic) bond motifs is 1. The highest BCUT2D eigenvalue weighted by Crippen LogP contribution is 2.25. The smallest absolute Gasteiger partial charge is 0.408 e. The lowest BCUT2D eigenvalue weighted by Crippen LogP contribution is -2.14. The zero-order valence-electron chi connectivity index (χ0n) is 9.40. The zero-order chi connectivity index (χ0) is 11.9. The first-order valence-corrected chi connectivity index (χ1v) is 5.34. The number of hydrogen-bond acceptors (Lipinski definition) is 3. The Morgan fingerprint density at radius 3 is 2.75 bits per heavy atom. The van der Waals surface area contributed by atoms with E-state index in [9.17, 15) is 4.79 Å². The lowest BCUT2D eigenvalue weighted by atomic mass is 10.2. The van der Waals surface area contributed by atoms with Crippen LogP contribution in [0.1, 0.15) is 11.1 Å². The standard InChI is InChI=1S/C11H13ClN2O2/c1-13(2)10(12)7-4-5-8-9(6-7)16-11(15)14(8)3/h4-6,10H,1-3H3. The molecular weight excluding hydrogens is 228 g/mol. The SMILES string of the molecule is CN(C)C(Cl)c1ccc2c(c1)oc(=O)n2C. The lowest BCUT2D eigenvalue weighted by molar-refractivity contribution is 0.384. The van der Waals surface area contributed by atoms with Crippen molar-refractivity contribution in [2.75, 3.05) is 14.1 Å². The van der Waals surface area contributed by atoms with Crippen LogP contribution >= 0.6 is 11.6 Å². The van der Waals surface area contributed by atoms with Crippen molar-refractivity contribution in [3.63, 3.8) is 0 Å². The Bertz CT molecular complexity index is 571. The maximum atomic E-state index is 11.3. The van der Waals surface area contributed by atoms with Crippen LogP contribution in [-0.2, 0) is 7.05 Å². The average Bonchev–Trinajstić information content (AvgIpc) is 2.53. The van der Waals surface area contributed by atoms with Crippen LogP contribution in [0.4, 0.5) is 0 Å². The third-order valence-corrected chi connectivity index (χ3v) is 3.19. The first-order chi connectivity index (χ1) is 7.50. The minimum atomic E-state index is -0.358. The molecule has 2 rings (SSSR count). The van der Waals surface area contributed by atoms with E-state index >= 15 is 0 Å². The second kappa shape index (κ2) is 3.96. The molecule has 1 aromatic heterocycles. The van der Waals surface area contributed by atoms with Gasteiger partial charge in [-0.15, -0.1) is 11.6 Å². The summed E-state index contributed by atoms with van der Waals surface area (Å²) in [6.07, 6.45) is 0. The van der Waals surface area contributed by atoms with E-state index in [4.69, 9.17) is 16.0 Å². The summed E-state index contributed by atoms with van der Waals surface area (Å²) in [4.78, 5) is 13.2. The lowest BCUT2D eigenvalue weighted by Gasteiger charge is -2.17. The molecule has 0 fully saturated rings.